The van der Waals surface area contributed by atoms with Gasteiger partial charge in [0.1, 0.15) is 5.75 Å². The molecule has 0 fully saturated rings. The first-order valence-corrected chi connectivity index (χ1v) is 7.13. The van der Waals surface area contributed by atoms with E-state index in [1.165, 1.54) is 6.07 Å². The maximum absolute atomic E-state index is 12.2. The lowest BCUT2D eigenvalue weighted by Gasteiger charge is -2.12. The predicted molar refractivity (Wildman–Crippen MR) is 89.1 cm³/mol. The molecule has 0 aliphatic carbocycles. The summed E-state index contributed by atoms with van der Waals surface area (Å²) in [5, 5.41) is 12.6. The van der Waals surface area contributed by atoms with Crippen LogP contribution in [0.5, 0.6) is 5.75 Å². The van der Waals surface area contributed by atoms with Crippen molar-refractivity contribution in [1.82, 2.24) is 0 Å². The van der Waals surface area contributed by atoms with E-state index in [1.807, 2.05) is 26.0 Å². The van der Waals surface area contributed by atoms with E-state index in [1.54, 1.807) is 12.1 Å². The number of aromatic hydroxyl groups is 1. The molecule has 2 aromatic rings. The Bertz CT molecular complexity index is 684. The summed E-state index contributed by atoms with van der Waals surface area (Å²) in [5.74, 6) is -0.374. The number of nitrogen functional groups attached to an aromatic ring is 1. The van der Waals surface area contributed by atoms with Gasteiger partial charge >= 0.3 is 0 Å². The van der Waals surface area contributed by atoms with Gasteiger partial charge < -0.3 is 16.2 Å². The minimum atomic E-state index is -0.340. The summed E-state index contributed by atoms with van der Waals surface area (Å²) in [5.41, 5.74) is 9.25. The molecule has 2 aromatic carbocycles. The van der Waals surface area contributed by atoms with Crippen LogP contribution in [0.4, 0.5) is 11.4 Å². The minimum Gasteiger partial charge on any atom is -0.507 e. The number of nitrogens with one attached hydrogen (secondary N) is 1. The Hall–Kier alpha value is -1.76. The maximum Gasteiger partial charge on any atom is 0.259 e. The van der Waals surface area contributed by atoms with Crippen molar-refractivity contribution >= 4 is 39.9 Å². The molecule has 1 amide bonds. The van der Waals surface area contributed by atoms with Gasteiger partial charge in [0.05, 0.1) is 5.56 Å². The van der Waals surface area contributed by atoms with Crippen LogP contribution >= 0.6 is 22.6 Å². The number of nitrogens with two attached hydrogens (primary N) is 1. The second-order valence-corrected chi connectivity index (χ2v) is 5.88. The molecule has 0 unspecified atom stereocenters. The number of anilines is 2. The number of carbonyl (C=O) groups excluding carboxylic acids is 1. The molecule has 0 radical (unpaired) electrons. The van der Waals surface area contributed by atoms with Crippen LogP contribution in [0, 0.1) is 17.4 Å². The number of hydrogen-bond acceptors (Lipinski definition) is 3. The summed E-state index contributed by atoms with van der Waals surface area (Å²) in [6.45, 7) is 3.76. The molecule has 0 aromatic heterocycles. The summed E-state index contributed by atoms with van der Waals surface area (Å²) in [6, 6.07) is 8.54. The molecule has 20 heavy (non-hydrogen) atoms. The van der Waals surface area contributed by atoms with Crippen molar-refractivity contribution in [1.29, 1.82) is 0 Å². The molecule has 0 atom stereocenters. The number of aryl methyl sites for hydroxylation is 2. The van der Waals surface area contributed by atoms with Crippen LogP contribution in [-0.2, 0) is 0 Å². The first-order valence-electron chi connectivity index (χ1n) is 6.05. The summed E-state index contributed by atoms with van der Waals surface area (Å²) >= 11 is 2.10. The molecule has 2 rings (SSSR count). The molecule has 0 aliphatic heterocycles. The van der Waals surface area contributed by atoms with Gasteiger partial charge in [-0.15, -0.1) is 0 Å². The highest BCUT2D eigenvalue weighted by Gasteiger charge is 2.13. The third-order valence-electron chi connectivity index (χ3n) is 3.06. The normalized spacial score (nSPS) is 10.3. The Morgan fingerprint density at radius 1 is 1.20 bits per heavy atom. The smallest absolute Gasteiger partial charge is 0.259 e. The number of carbonyl (C=O) groups is 1. The van der Waals surface area contributed by atoms with E-state index in [2.05, 4.69) is 27.9 Å². The molecule has 0 heterocycles. The van der Waals surface area contributed by atoms with Gasteiger partial charge in [0.2, 0.25) is 0 Å². The minimum absolute atomic E-state index is 0.0345. The first kappa shape index (κ1) is 14.6. The highest BCUT2D eigenvalue weighted by Crippen LogP contribution is 2.25. The van der Waals surface area contributed by atoms with Crippen LogP contribution in [-0.4, -0.2) is 11.0 Å². The van der Waals surface area contributed by atoms with Crippen LogP contribution < -0.4 is 11.1 Å². The molecule has 0 saturated heterocycles. The molecule has 4 N–H and O–H groups in total. The van der Waals surface area contributed by atoms with Gasteiger partial charge in [-0.05, 0) is 77.9 Å². The highest BCUT2D eigenvalue weighted by molar-refractivity contribution is 14.1. The summed E-state index contributed by atoms with van der Waals surface area (Å²) in [7, 11) is 0. The summed E-state index contributed by atoms with van der Waals surface area (Å²) < 4.78 is 0.885. The third kappa shape index (κ3) is 3.04. The SMILES string of the molecule is Cc1cc(NC(=O)c2cc(I)ccc2O)c(C)cc1N. The van der Waals surface area contributed by atoms with E-state index >= 15 is 0 Å². The lowest BCUT2D eigenvalue weighted by Crippen LogP contribution is -2.13. The van der Waals surface area contributed by atoms with E-state index in [0.717, 1.165) is 14.7 Å². The summed E-state index contributed by atoms with van der Waals surface area (Å²) in [4.78, 5) is 12.2. The zero-order valence-electron chi connectivity index (χ0n) is 11.2. The second kappa shape index (κ2) is 5.70. The number of halogens is 1. The van der Waals surface area contributed by atoms with Crippen LogP contribution in [0.2, 0.25) is 0 Å². The number of phenols is 1. The third-order valence-corrected chi connectivity index (χ3v) is 3.74. The van der Waals surface area contributed by atoms with Gasteiger partial charge in [0.25, 0.3) is 5.91 Å². The fraction of sp³-hybridized carbons (Fsp3) is 0.133. The van der Waals surface area contributed by atoms with Gasteiger partial charge in [-0.2, -0.15) is 0 Å². The van der Waals surface area contributed by atoms with E-state index in [0.29, 0.717) is 11.4 Å². The molecular formula is C15H15IN2O2. The molecule has 4 nitrogen and oxygen atoms in total. The van der Waals surface area contributed by atoms with Crippen molar-refractivity contribution in [2.75, 3.05) is 11.1 Å². The monoisotopic (exact) mass is 382 g/mol. The molecule has 5 heteroatoms. The van der Waals surface area contributed by atoms with Crippen molar-refractivity contribution in [3.05, 3.63) is 50.6 Å². The first-order chi connectivity index (χ1) is 9.38. The molecule has 104 valence electrons. The topological polar surface area (TPSA) is 75.3 Å². The molecule has 0 saturated carbocycles. The highest BCUT2D eigenvalue weighted by atomic mass is 127. The zero-order chi connectivity index (χ0) is 14.9. The van der Waals surface area contributed by atoms with Gasteiger partial charge in [-0.25, -0.2) is 0 Å². The maximum atomic E-state index is 12.2. The van der Waals surface area contributed by atoms with Gasteiger partial charge in [-0.3, -0.25) is 4.79 Å². The van der Waals surface area contributed by atoms with Gasteiger partial charge in [0, 0.05) is 14.9 Å². The molecule has 0 bridgehead atoms. The largest absolute Gasteiger partial charge is 0.507 e. The Morgan fingerprint density at radius 2 is 1.90 bits per heavy atom. The Balaban J connectivity index is 2.32. The fourth-order valence-corrected chi connectivity index (χ4v) is 2.34. The molecular weight excluding hydrogens is 367 g/mol. The zero-order valence-corrected chi connectivity index (χ0v) is 13.4. The lowest BCUT2D eigenvalue weighted by atomic mass is 10.1. The van der Waals surface area contributed by atoms with E-state index in [-0.39, 0.29) is 17.2 Å². The standard InChI is InChI=1S/C15H15IN2O2/c1-8-6-13(9(2)5-12(8)17)18-15(20)11-7-10(16)3-4-14(11)19/h3-7,19H,17H2,1-2H3,(H,18,20). The van der Waals surface area contributed by atoms with Crippen molar-refractivity contribution < 1.29 is 9.90 Å². The van der Waals surface area contributed by atoms with E-state index in [9.17, 15) is 9.90 Å². The number of amides is 1. The molecule has 0 aliphatic rings. The Labute approximate surface area is 131 Å². The van der Waals surface area contributed by atoms with Crippen LogP contribution in [0.15, 0.2) is 30.3 Å². The van der Waals surface area contributed by atoms with Crippen molar-refractivity contribution in [3.63, 3.8) is 0 Å². The summed E-state index contributed by atoms with van der Waals surface area (Å²) in [6.07, 6.45) is 0. The van der Waals surface area contributed by atoms with Crippen molar-refractivity contribution in [2.45, 2.75) is 13.8 Å². The lowest BCUT2D eigenvalue weighted by molar-refractivity contribution is 0.102. The number of hydrogen-bond donors (Lipinski definition) is 3. The predicted octanol–water partition coefficient (Wildman–Crippen LogP) is 3.45. The van der Waals surface area contributed by atoms with Crippen molar-refractivity contribution in [2.24, 2.45) is 0 Å². The average Bonchev–Trinajstić information content (AvgIpc) is 2.38. The van der Waals surface area contributed by atoms with Gasteiger partial charge in [-0.1, -0.05) is 0 Å². The number of rotatable bonds is 2. The Kier molecular flexibility index (Phi) is 4.17. The van der Waals surface area contributed by atoms with Crippen LogP contribution in [0.25, 0.3) is 0 Å². The quantitative estimate of drug-likeness (QED) is 0.550. The average molecular weight is 382 g/mol. The van der Waals surface area contributed by atoms with Crippen molar-refractivity contribution in [3.8, 4) is 5.75 Å². The fourth-order valence-electron chi connectivity index (χ4n) is 1.85. The van der Waals surface area contributed by atoms with E-state index < -0.39 is 0 Å². The Morgan fingerprint density at radius 3 is 2.60 bits per heavy atom. The van der Waals surface area contributed by atoms with Crippen LogP contribution in [0.3, 0.4) is 0 Å². The van der Waals surface area contributed by atoms with E-state index in [4.69, 9.17) is 5.73 Å². The number of benzene rings is 2. The molecule has 0 spiro atoms. The van der Waals surface area contributed by atoms with Crippen LogP contribution in [0.1, 0.15) is 21.5 Å². The second-order valence-electron chi connectivity index (χ2n) is 4.64. The van der Waals surface area contributed by atoms with Gasteiger partial charge in [0.15, 0.2) is 0 Å². The number of phenolic OH excluding ortho intramolecular Hbond substituents is 1.